The van der Waals surface area contributed by atoms with Gasteiger partial charge in [-0.05, 0) is 111 Å². The molecule has 30 heteroatoms. The van der Waals surface area contributed by atoms with Gasteiger partial charge in [0.25, 0.3) is 0 Å². The van der Waals surface area contributed by atoms with Crippen LogP contribution in [0.15, 0.2) is 11.6 Å². The molecule has 11 rings (SSSR count). The molecular formula is C63H102O30. The van der Waals surface area contributed by atoms with Crippen LogP contribution in [-0.4, -0.2) is 304 Å². The summed E-state index contributed by atoms with van der Waals surface area (Å²) in [6, 6.07) is 0. The summed E-state index contributed by atoms with van der Waals surface area (Å²) in [5.41, 5.74) is -2.99. The minimum atomic E-state index is -1.96. The number of hydrogen-bond acceptors (Lipinski definition) is 30. The van der Waals surface area contributed by atoms with Gasteiger partial charge in [-0.2, -0.15) is 0 Å². The normalized spacial score (nSPS) is 55.7. The number of rotatable bonds is 14. The van der Waals surface area contributed by atoms with Gasteiger partial charge in [-0.25, -0.2) is 0 Å². The van der Waals surface area contributed by atoms with Gasteiger partial charge in [-0.15, -0.1) is 0 Å². The Morgan fingerprint density at radius 1 is 0.495 bits per heavy atom. The van der Waals surface area contributed by atoms with E-state index in [9.17, 15) is 86.8 Å². The lowest BCUT2D eigenvalue weighted by Crippen LogP contribution is -2.70. The Balaban J connectivity index is 0.784. The Bertz CT molecular complexity index is 2630. The molecule has 0 aromatic carbocycles. The van der Waals surface area contributed by atoms with E-state index in [-0.39, 0.29) is 29.6 Å². The summed E-state index contributed by atoms with van der Waals surface area (Å²) < 4.78 is 71.0. The molecule has 0 spiro atoms. The van der Waals surface area contributed by atoms with Crippen molar-refractivity contribution in [2.75, 3.05) is 33.0 Å². The molecule has 5 aliphatic carbocycles. The Morgan fingerprint density at radius 2 is 1.04 bits per heavy atom. The summed E-state index contributed by atoms with van der Waals surface area (Å²) in [6.07, 6.45) is -39.1. The summed E-state index contributed by atoms with van der Waals surface area (Å²) in [4.78, 5) is 15.5. The van der Waals surface area contributed by atoms with Gasteiger partial charge in [0, 0.05) is 5.41 Å². The lowest BCUT2D eigenvalue weighted by Gasteiger charge is -2.72. The van der Waals surface area contributed by atoms with Crippen molar-refractivity contribution in [1.29, 1.82) is 0 Å². The molecule has 6 saturated heterocycles. The molecule has 0 aromatic rings. The molecule has 0 bridgehead atoms. The molecule has 0 aromatic heterocycles. The van der Waals surface area contributed by atoms with E-state index in [2.05, 4.69) is 40.7 Å². The Labute approximate surface area is 539 Å². The van der Waals surface area contributed by atoms with Gasteiger partial charge >= 0.3 is 5.97 Å². The van der Waals surface area contributed by atoms with Gasteiger partial charge in [-0.1, -0.05) is 53.2 Å². The monoisotopic (exact) mass is 1340 g/mol. The van der Waals surface area contributed by atoms with Crippen molar-refractivity contribution in [2.24, 2.45) is 50.2 Å². The van der Waals surface area contributed by atoms with E-state index >= 15 is 4.79 Å². The van der Waals surface area contributed by atoms with Gasteiger partial charge in [0.15, 0.2) is 37.6 Å². The van der Waals surface area contributed by atoms with Crippen molar-refractivity contribution in [1.82, 2.24) is 0 Å². The summed E-state index contributed by atoms with van der Waals surface area (Å²) in [6.45, 7) is 13.2. The maximum Gasteiger partial charge on any atom is 0.315 e. The number of carbonyl (C=O) groups is 1. The van der Waals surface area contributed by atoms with E-state index in [4.69, 9.17) is 56.8 Å². The van der Waals surface area contributed by atoms with Crippen molar-refractivity contribution >= 4 is 5.97 Å². The van der Waals surface area contributed by atoms with E-state index in [0.29, 0.717) is 51.4 Å². The van der Waals surface area contributed by atoms with Crippen LogP contribution in [0.2, 0.25) is 0 Å². The molecule has 4 saturated carbocycles. The van der Waals surface area contributed by atoms with Crippen LogP contribution >= 0.6 is 0 Å². The Hall–Kier alpha value is -1.91. The molecule has 30 nitrogen and oxygen atoms in total. The molecule has 10 fully saturated rings. The van der Waals surface area contributed by atoms with E-state index in [0.717, 1.165) is 5.57 Å². The van der Waals surface area contributed by atoms with Crippen LogP contribution in [0.25, 0.3) is 0 Å². The lowest BCUT2D eigenvalue weighted by molar-refractivity contribution is -0.377. The molecule has 6 heterocycles. The largest absolute Gasteiger partial charge is 0.432 e. The van der Waals surface area contributed by atoms with Crippen molar-refractivity contribution in [3.8, 4) is 0 Å². The van der Waals surface area contributed by atoms with E-state index < -0.39 is 244 Å². The number of aliphatic hydroxyl groups excluding tert-OH is 17. The van der Waals surface area contributed by atoms with Crippen molar-refractivity contribution in [3.63, 3.8) is 0 Å². The first kappa shape index (κ1) is 72.3. The molecule has 6 aliphatic heterocycles. The predicted octanol–water partition coefficient (Wildman–Crippen LogP) is -4.47. The van der Waals surface area contributed by atoms with Gasteiger partial charge in [0.05, 0.1) is 62.9 Å². The highest BCUT2D eigenvalue weighted by Crippen LogP contribution is 2.76. The molecule has 0 amide bonds. The van der Waals surface area contributed by atoms with Crippen molar-refractivity contribution < 1.29 is 148 Å². The third-order valence-electron chi connectivity index (χ3n) is 24.5. The quantitative estimate of drug-likeness (QED) is 0.0443. The Morgan fingerprint density at radius 3 is 1.71 bits per heavy atom. The average molecular weight is 1340 g/mol. The molecule has 0 radical (unpaired) electrons. The van der Waals surface area contributed by atoms with Gasteiger partial charge in [0.1, 0.15) is 110 Å². The smallest absolute Gasteiger partial charge is 0.315 e. The predicted molar refractivity (Wildman–Crippen MR) is 310 cm³/mol. The minimum Gasteiger partial charge on any atom is -0.432 e. The van der Waals surface area contributed by atoms with Crippen molar-refractivity contribution in [3.05, 3.63) is 11.6 Å². The van der Waals surface area contributed by atoms with E-state index in [1.54, 1.807) is 0 Å². The number of aliphatic hydroxyl groups is 17. The SMILES string of the molecule is C[C@@H]1O[C@H](O[C@H]2[C@H](O)[C@@H](O[C@@H]3[C@@H](O)[C@H](O)[C@@H](O[C@@H]4[C@@H](OC(=O)[C@@]56CCC(C)(C)C[C@H]5C5=CC[C@H]7[C@@]8(C)C[C@@H](O)[C@@H](O[C@H]9O[C@@H](CO)[C@H](O)[C@@H](O[C@H]%10OC[C@H](O)[C@@H](O)[C@@H]%10O)[C@@H]9O)[C@](C)(CO)[C@H]8CC[C@@]7(C)[C@@]5(C)CC6)OC[C@H](O)[C@H]4O)O[C@H]3C)OC[C@@H]2O)[C@@H](O)[C@H](O)[C@H]1O. The standard InChI is InChI=1S/C63H102O30/c1-24-35(70)39(74)42(77)53(85-24)89-47-31(69)22-83-52(44(47)79)88-46-25(2)86-54(43(78)40(46)75)91-49-37(72)30(68)21-84-56(49)93-57(81)63-15-13-58(3,4)17-27(63)26-9-10-34-59(5)18-28(66)50(60(6,23-65)33(59)11-12-62(34,8)61(26,7)14-16-63)92-55-45(80)48(38(73)32(19-64)87-55)90-51-41(76)36(71)29(67)20-82-51/h9,24-25,27-56,64-80H,10-23H2,1-8H3/t24-,25-,27-,28+,29-,30-,31-,32-,33-,34-,35-,36+,37+,38-,39+,40-,41-,42-,43-,44-,45-,46-,47+,48+,49-,50+,51+,52+,53+,54+,55+,56+,59-,60+,61-,62+,63+/m0/s1. The summed E-state index contributed by atoms with van der Waals surface area (Å²) in [7, 11) is 0. The summed E-state index contributed by atoms with van der Waals surface area (Å²) >= 11 is 0. The number of esters is 1. The molecule has 11 aliphatic rings. The van der Waals surface area contributed by atoms with Crippen LogP contribution < -0.4 is 0 Å². The second-order valence-corrected chi connectivity index (χ2v) is 30.5. The van der Waals surface area contributed by atoms with Gasteiger partial charge in [0.2, 0.25) is 6.29 Å². The maximum absolute atomic E-state index is 15.5. The Kier molecular flexibility index (Phi) is 20.9. The molecule has 37 atom stereocenters. The fraction of sp³-hybridized carbons (Fsp3) is 0.952. The fourth-order valence-electron chi connectivity index (χ4n) is 18.7. The van der Waals surface area contributed by atoms with Crippen LogP contribution in [-0.2, 0) is 61.6 Å². The van der Waals surface area contributed by atoms with E-state index in [1.807, 2.05) is 6.92 Å². The molecular weight excluding hydrogens is 1240 g/mol. The summed E-state index contributed by atoms with van der Waals surface area (Å²) in [5.74, 6) is -1.33. The number of fused-ring (bicyclic) bond motifs is 7. The first-order valence-electron chi connectivity index (χ1n) is 33.0. The topological polar surface area (TPSA) is 472 Å². The van der Waals surface area contributed by atoms with Crippen LogP contribution in [0, 0.1) is 50.2 Å². The second-order valence-electron chi connectivity index (χ2n) is 30.5. The highest BCUT2D eigenvalue weighted by molar-refractivity contribution is 5.79. The van der Waals surface area contributed by atoms with Crippen LogP contribution in [0.4, 0.5) is 0 Å². The van der Waals surface area contributed by atoms with Crippen LogP contribution in [0.1, 0.15) is 113 Å². The number of ether oxygens (including phenoxy) is 12. The molecule has 0 unspecified atom stereocenters. The molecule has 17 N–H and O–H groups in total. The zero-order valence-electron chi connectivity index (χ0n) is 53.9. The molecule has 93 heavy (non-hydrogen) atoms. The van der Waals surface area contributed by atoms with Crippen LogP contribution in [0.5, 0.6) is 0 Å². The highest BCUT2D eigenvalue weighted by atomic mass is 16.8. The van der Waals surface area contributed by atoms with Crippen molar-refractivity contribution in [2.45, 2.75) is 291 Å². The average Bonchev–Trinajstić information content (AvgIpc) is 0.674. The first-order chi connectivity index (χ1) is 43.6. The number of carbonyl (C=O) groups excluding carboxylic acids is 1. The zero-order valence-corrected chi connectivity index (χ0v) is 53.9. The number of hydrogen-bond donors (Lipinski definition) is 17. The minimum absolute atomic E-state index is 0.0839. The third kappa shape index (κ3) is 12.3. The lowest BCUT2D eigenvalue weighted by atomic mass is 9.33. The van der Waals surface area contributed by atoms with Crippen LogP contribution in [0.3, 0.4) is 0 Å². The first-order valence-corrected chi connectivity index (χ1v) is 33.0. The zero-order chi connectivity index (χ0) is 67.7. The third-order valence-corrected chi connectivity index (χ3v) is 24.5. The van der Waals surface area contributed by atoms with Gasteiger partial charge < -0.3 is 144 Å². The van der Waals surface area contributed by atoms with Gasteiger partial charge in [-0.3, -0.25) is 4.79 Å². The van der Waals surface area contributed by atoms with E-state index in [1.165, 1.54) is 13.8 Å². The number of allylic oxidation sites excluding steroid dienone is 2. The second kappa shape index (κ2) is 26.9. The maximum atomic E-state index is 15.5. The summed E-state index contributed by atoms with van der Waals surface area (Å²) in [5, 5.41) is 187. The highest BCUT2D eigenvalue weighted by Gasteiger charge is 2.72. The molecule has 534 valence electrons. The fourth-order valence-corrected chi connectivity index (χ4v) is 18.7.